The summed E-state index contributed by atoms with van der Waals surface area (Å²) in [5, 5.41) is 1.05. The third-order valence-electron chi connectivity index (χ3n) is 3.78. The maximum Gasteiger partial charge on any atom is 0.250 e. The maximum absolute atomic E-state index is 11.7. The molecule has 0 bridgehead atoms. The van der Waals surface area contributed by atoms with Crippen molar-refractivity contribution in [2.24, 2.45) is 7.05 Å². The van der Waals surface area contributed by atoms with Crippen molar-refractivity contribution in [2.75, 3.05) is 6.61 Å². The Morgan fingerprint density at radius 3 is 2.68 bits per heavy atom. The van der Waals surface area contributed by atoms with Gasteiger partial charge in [0, 0.05) is 18.7 Å². The van der Waals surface area contributed by atoms with E-state index >= 15 is 0 Å². The first-order chi connectivity index (χ1) is 10.7. The van der Waals surface area contributed by atoms with E-state index in [2.05, 4.69) is 19.1 Å². The summed E-state index contributed by atoms with van der Waals surface area (Å²) in [7, 11) is 1.79. The fourth-order valence-electron chi connectivity index (χ4n) is 2.60. The molecule has 2 aromatic carbocycles. The van der Waals surface area contributed by atoms with E-state index in [1.54, 1.807) is 17.7 Å². The lowest BCUT2D eigenvalue weighted by Gasteiger charge is -2.12. The van der Waals surface area contributed by atoms with Crippen LogP contribution in [0.15, 0.2) is 59.4 Å². The molecule has 3 aromatic rings. The largest absolute Gasteiger partial charge is 0.493 e. The normalized spacial score (nSPS) is 10.8. The Hall–Kier alpha value is -2.55. The van der Waals surface area contributed by atoms with Gasteiger partial charge in [-0.15, -0.1) is 0 Å². The molecule has 0 aliphatic carbocycles. The zero-order valence-corrected chi connectivity index (χ0v) is 12.9. The number of ether oxygens (including phenoxy) is 1. The van der Waals surface area contributed by atoms with E-state index in [1.807, 2.05) is 36.4 Å². The van der Waals surface area contributed by atoms with Crippen LogP contribution in [0.5, 0.6) is 5.75 Å². The van der Waals surface area contributed by atoms with Crippen LogP contribution in [0.3, 0.4) is 0 Å². The van der Waals surface area contributed by atoms with Gasteiger partial charge in [-0.05, 0) is 41.6 Å². The molecule has 0 spiro atoms. The van der Waals surface area contributed by atoms with Gasteiger partial charge in [0.1, 0.15) is 5.75 Å². The molecule has 0 amide bonds. The zero-order valence-electron chi connectivity index (χ0n) is 12.9. The highest BCUT2D eigenvalue weighted by Crippen LogP contribution is 2.31. The van der Waals surface area contributed by atoms with Crippen LogP contribution in [0.1, 0.15) is 13.3 Å². The fraction of sp³-hybridized carbons (Fsp3) is 0.211. The Morgan fingerprint density at radius 1 is 1.05 bits per heavy atom. The molecule has 0 fully saturated rings. The van der Waals surface area contributed by atoms with Crippen LogP contribution in [0.25, 0.3) is 22.0 Å². The van der Waals surface area contributed by atoms with Crippen LogP contribution in [-0.2, 0) is 7.05 Å². The number of aromatic nitrogens is 1. The summed E-state index contributed by atoms with van der Waals surface area (Å²) in [5.74, 6) is 0.897. The molecule has 0 N–H and O–H groups in total. The molecule has 0 unspecified atom stereocenters. The molecule has 0 aliphatic heterocycles. The summed E-state index contributed by atoms with van der Waals surface area (Å²) in [6.45, 7) is 2.80. The van der Waals surface area contributed by atoms with Gasteiger partial charge < -0.3 is 9.30 Å². The molecule has 112 valence electrons. The van der Waals surface area contributed by atoms with Gasteiger partial charge in [-0.2, -0.15) is 0 Å². The number of nitrogens with zero attached hydrogens (tertiary/aromatic N) is 1. The van der Waals surface area contributed by atoms with Crippen molar-refractivity contribution in [3.8, 4) is 16.9 Å². The highest BCUT2D eigenvalue weighted by molar-refractivity contribution is 5.86. The van der Waals surface area contributed by atoms with Gasteiger partial charge >= 0.3 is 0 Å². The summed E-state index contributed by atoms with van der Waals surface area (Å²) in [4.78, 5) is 11.7. The molecule has 0 atom stereocenters. The van der Waals surface area contributed by atoms with Crippen molar-refractivity contribution in [3.05, 3.63) is 65.0 Å². The summed E-state index contributed by atoms with van der Waals surface area (Å²) in [5.41, 5.74) is 3.11. The van der Waals surface area contributed by atoms with Gasteiger partial charge in [0.2, 0.25) is 0 Å². The van der Waals surface area contributed by atoms with Crippen molar-refractivity contribution in [1.29, 1.82) is 0 Å². The zero-order chi connectivity index (χ0) is 15.5. The maximum atomic E-state index is 11.7. The Kier molecular flexibility index (Phi) is 3.96. The molecule has 0 aliphatic rings. The highest BCUT2D eigenvalue weighted by Gasteiger charge is 2.07. The SMILES string of the molecule is CCCOc1ccccc1-c1ccc2c(ccc(=O)n2C)c1. The summed E-state index contributed by atoms with van der Waals surface area (Å²) < 4.78 is 7.51. The molecular formula is C19H19NO2. The number of hydrogen-bond donors (Lipinski definition) is 0. The van der Waals surface area contributed by atoms with E-state index in [1.165, 1.54) is 0 Å². The molecule has 3 rings (SSSR count). The molecule has 1 aromatic heterocycles. The average Bonchev–Trinajstić information content (AvgIpc) is 2.56. The van der Waals surface area contributed by atoms with Gasteiger partial charge in [-0.1, -0.05) is 31.2 Å². The first-order valence-corrected chi connectivity index (χ1v) is 7.52. The second-order valence-corrected chi connectivity index (χ2v) is 5.35. The summed E-state index contributed by atoms with van der Waals surface area (Å²) >= 11 is 0. The second kappa shape index (κ2) is 6.06. The van der Waals surface area contributed by atoms with Crippen molar-refractivity contribution >= 4 is 10.9 Å². The third kappa shape index (κ3) is 2.62. The topological polar surface area (TPSA) is 31.2 Å². The lowest BCUT2D eigenvalue weighted by molar-refractivity contribution is 0.318. The van der Waals surface area contributed by atoms with E-state index in [-0.39, 0.29) is 5.56 Å². The lowest BCUT2D eigenvalue weighted by atomic mass is 10.0. The Balaban J connectivity index is 2.11. The minimum Gasteiger partial charge on any atom is -0.493 e. The van der Waals surface area contributed by atoms with E-state index in [4.69, 9.17) is 4.74 Å². The Labute approximate surface area is 129 Å². The minimum absolute atomic E-state index is 0.00642. The number of aryl methyl sites for hydroxylation is 1. The quantitative estimate of drug-likeness (QED) is 0.728. The summed E-state index contributed by atoms with van der Waals surface area (Å²) in [6.07, 6.45) is 0.980. The van der Waals surface area contributed by atoms with Crippen molar-refractivity contribution in [2.45, 2.75) is 13.3 Å². The van der Waals surface area contributed by atoms with Crippen LogP contribution in [-0.4, -0.2) is 11.2 Å². The molecular weight excluding hydrogens is 274 g/mol. The van der Waals surface area contributed by atoms with Crippen molar-refractivity contribution < 1.29 is 4.74 Å². The molecule has 0 saturated carbocycles. The molecule has 22 heavy (non-hydrogen) atoms. The van der Waals surface area contributed by atoms with Gasteiger partial charge in [-0.25, -0.2) is 0 Å². The van der Waals surface area contributed by atoms with E-state index in [0.717, 1.165) is 34.2 Å². The molecule has 3 nitrogen and oxygen atoms in total. The second-order valence-electron chi connectivity index (χ2n) is 5.35. The minimum atomic E-state index is 0.00642. The van der Waals surface area contributed by atoms with Crippen LogP contribution in [0.2, 0.25) is 0 Å². The molecule has 0 saturated heterocycles. The number of fused-ring (bicyclic) bond motifs is 1. The van der Waals surface area contributed by atoms with Crippen LogP contribution in [0, 0.1) is 0 Å². The monoisotopic (exact) mass is 293 g/mol. The fourth-order valence-corrected chi connectivity index (χ4v) is 2.60. The highest BCUT2D eigenvalue weighted by atomic mass is 16.5. The van der Waals surface area contributed by atoms with Gasteiger partial charge in [-0.3, -0.25) is 4.79 Å². The van der Waals surface area contributed by atoms with Gasteiger partial charge in [0.05, 0.1) is 12.1 Å². The number of pyridine rings is 1. The van der Waals surface area contributed by atoms with Crippen LogP contribution in [0.4, 0.5) is 0 Å². The number of hydrogen-bond acceptors (Lipinski definition) is 2. The first-order valence-electron chi connectivity index (χ1n) is 7.52. The number of benzene rings is 2. The lowest BCUT2D eigenvalue weighted by Crippen LogP contribution is -2.14. The molecule has 0 radical (unpaired) electrons. The smallest absolute Gasteiger partial charge is 0.250 e. The standard InChI is InChI=1S/C19H19NO2/c1-3-12-22-18-7-5-4-6-16(18)14-8-10-17-15(13-14)9-11-19(21)20(17)2/h4-11,13H,3,12H2,1-2H3. The molecule has 1 heterocycles. The van der Waals surface area contributed by atoms with Gasteiger partial charge in [0.15, 0.2) is 0 Å². The first kappa shape index (κ1) is 14.4. The average molecular weight is 293 g/mol. The predicted octanol–water partition coefficient (Wildman–Crippen LogP) is 3.99. The summed E-state index contributed by atoms with van der Waals surface area (Å²) in [6, 6.07) is 17.7. The Bertz CT molecular complexity index is 865. The number of para-hydroxylation sites is 1. The van der Waals surface area contributed by atoms with Crippen molar-refractivity contribution in [1.82, 2.24) is 4.57 Å². The van der Waals surface area contributed by atoms with E-state index < -0.39 is 0 Å². The van der Waals surface area contributed by atoms with Gasteiger partial charge in [0.25, 0.3) is 5.56 Å². The molecule has 3 heteroatoms. The van der Waals surface area contributed by atoms with E-state index in [9.17, 15) is 4.79 Å². The Morgan fingerprint density at radius 2 is 1.86 bits per heavy atom. The van der Waals surface area contributed by atoms with Crippen molar-refractivity contribution in [3.63, 3.8) is 0 Å². The van der Waals surface area contributed by atoms with E-state index in [0.29, 0.717) is 6.61 Å². The predicted molar refractivity (Wildman–Crippen MR) is 90.4 cm³/mol. The third-order valence-corrected chi connectivity index (χ3v) is 3.78. The van der Waals surface area contributed by atoms with Crippen LogP contribution >= 0.6 is 0 Å². The number of rotatable bonds is 4. The van der Waals surface area contributed by atoms with Crippen LogP contribution < -0.4 is 10.3 Å².